The Morgan fingerprint density at radius 3 is 2.40 bits per heavy atom. The number of benzene rings is 1. The minimum atomic E-state index is 0.543. The van der Waals surface area contributed by atoms with Crippen LogP contribution in [0.3, 0.4) is 0 Å². The van der Waals surface area contributed by atoms with E-state index in [0.29, 0.717) is 5.56 Å². The molecule has 0 aliphatic rings. The second-order valence-corrected chi connectivity index (χ2v) is 5.30. The molecule has 0 spiro atoms. The van der Waals surface area contributed by atoms with E-state index in [2.05, 4.69) is 64.3 Å². The average molecular weight is 330 g/mol. The van der Waals surface area contributed by atoms with Crippen LogP contribution in [0.25, 0.3) is 0 Å². The second kappa shape index (κ2) is 6.53. The first-order valence-corrected chi connectivity index (χ1v) is 7.42. The number of aryl methyl sites for hydroxylation is 2. The molecule has 0 aliphatic carbocycles. The molecule has 1 aromatic carbocycles. The highest BCUT2D eigenvalue weighted by atomic mass is 79.9. The van der Waals surface area contributed by atoms with E-state index in [0.717, 1.165) is 28.8 Å². The van der Waals surface area contributed by atoms with Crippen molar-refractivity contribution in [3.05, 3.63) is 51.6 Å². The lowest BCUT2D eigenvalue weighted by molar-refractivity contribution is 1.08. The monoisotopic (exact) mass is 329 g/mol. The number of nitrogens with one attached hydrogen (secondary N) is 1. The maximum atomic E-state index is 8.88. The van der Waals surface area contributed by atoms with Crippen molar-refractivity contribution in [2.75, 3.05) is 5.32 Å². The summed E-state index contributed by atoms with van der Waals surface area (Å²) in [5.41, 5.74) is 4.20. The lowest BCUT2D eigenvalue weighted by Gasteiger charge is -2.15. The summed E-state index contributed by atoms with van der Waals surface area (Å²) in [4.78, 5) is 4.31. The summed E-state index contributed by atoms with van der Waals surface area (Å²) in [6.07, 6.45) is 3.50. The van der Waals surface area contributed by atoms with Crippen LogP contribution in [0.1, 0.15) is 30.5 Å². The molecule has 102 valence electrons. The van der Waals surface area contributed by atoms with E-state index >= 15 is 0 Å². The minimum absolute atomic E-state index is 0.543. The highest BCUT2D eigenvalue weighted by Crippen LogP contribution is 2.29. The van der Waals surface area contributed by atoms with E-state index in [9.17, 15) is 0 Å². The molecule has 0 aliphatic heterocycles. The van der Waals surface area contributed by atoms with Gasteiger partial charge in [0.15, 0.2) is 0 Å². The van der Waals surface area contributed by atoms with Crippen LogP contribution in [0, 0.1) is 11.3 Å². The fourth-order valence-corrected chi connectivity index (χ4v) is 2.56. The third-order valence-corrected chi connectivity index (χ3v) is 3.82. The Balaban J connectivity index is 2.42. The molecule has 0 unspecified atom stereocenters. The molecule has 0 saturated carbocycles. The van der Waals surface area contributed by atoms with Crippen LogP contribution in [0.5, 0.6) is 0 Å². The van der Waals surface area contributed by atoms with E-state index in [1.165, 1.54) is 11.1 Å². The van der Waals surface area contributed by atoms with Crippen LogP contribution in [0.15, 0.2) is 34.9 Å². The molecule has 2 rings (SSSR count). The zero-order valence-electron chi connectivity index (χ0n) is 11.6. The number of pyridine rings is 1. The Morgan fingerprint density at radius 1 is 1.25 bits per heavy atom. The number of hydrogen-bond donors (Lipinski definition) is 1. The maximum absolute atomic E-state index is 8.88. The van der Waals surface area contributed by atoms with Gasteiger partial charge in [0.25, 0.3) is 0 Å². The summed E-state index contributed by atoms with van der Waals surface area (Å²) in [5, 5.41) is 12.3. The zero-order valence-corrected chi connectivity index (χ0v) is 13.2. The topological polar surface area (TPSA) is 48.7 Å². The molecule has 1 N–H and O–H groups in total. The van der Waals surface area contributed by atoms with Crippen molar-refractivity contribution in [1.82, 2.24) is 4.98 Å². The number of halogens is 1. The Morgan fingerprint density at radius 2 is 1.90 bits per heavy atom. The Labute approximate surface area is 127 Å². The lowest BCUT2D eigenvalue weighted by Crippen LogP contribution is -2.02. The summed E-state index contributed by atoms with van der Waals surface area (Å²) in [7, 11) is 0. The molecular formula is C16H16BrN3. The van der Waals surface area contributed by atoms with Gasteiger partial charge < -0.3 is 5.32 Å². The van der Waals surface area contributed by atoms with E-state index in [1.54, 1.807) is 12.3 Å². The first-order chi connectivity index (χ1) is 9.69. The van der Waals surface area contributed by atoms with Crippen molar-refractivity contribution in [1.29, 1.82) is 5.26 Å². The summed E-state index contributed by atoms with van der Waals surface area (Å²) in [6, 6.07) is 10.2. The van der Waals surface area contributed by atoms with Crippen LogP contribution in [-0.2, 0) is 12.8 Å². The van der Waals surface area contributed by atoms with Crippen molar-refractivity contribution in [2.45, 2.75) is 26.7 Å². The van der Waals surface area contributed by atoms with Crippen LogP contribution in [-0.4, -0.2) is 4.98 Å². The van der Waals surface area contributed by atoms with E-state index in [-0.39, 0.29) is 0 Å². The number of rotatable bonds is 4. The van der Waals surface area contributed by atoms with E-state index in [4.69, 9.17) is 5.26 Å². The Hall–Kier alpha value is -1.86. The Kier molecular flexibility index (Phi) is 4.75. The highest BCUT2D eigenvalue weighted by Gasteiger charge is 2.09. The molecule has 0 saturated heterocycles. The predicted octanol–water partition coefficient (Wildman–Crippen LogP) is 4.58. The normalized spacial score (nSPS) is 10.1. The van der Waals surface area contributed by atoms with Crippen molar-refractivity contribution in [3.63, 3.8) is 0 Å². The maximum Gasteiger partial charge on any atom is 0.144 e. The van der Waals surface area contributed by atoms with Gasteiger partial charge in [0.2, 0.25) is 0 Å². The quantitative estimate of drug-likeness (QED) is 0.892. The first kappa shape index (κ1) is 14.5. The minimum Gasteiger partial charge on any atom is -0.339 e. The highest BCUT2D eigenvalue weighted by molar-refractivity contribution is 9.10. The van der Waals surface area contributed by atoms with Gasteiger partial charge in [-0.15, -0.1) is 0 Å². The van der Waals surface area contributed by atoms with E-state index < -0.39 is 0 Å². The van der Waals surface area contributed by atoms with Crippen molar-refractivity contribution in [3.8, 4) is 6.07 Å². The molecule has 0 amide bonds. The smallest absolute Gasteiger partial charge is 0.144 e. The zero-order chi connectivity index (χ0) is 14.5. The number of anilines is 2. The first-order valence-electron chi connectivity index (χ1n) is 6.63. The molecule has 3 nitrogen and oxygen atoms in total. The summed E-state index contributed by atoms with van der Waals surface area (Å²) in [5.74, 6) is 0.736. The SMILES string of the molecule is CCc1cccc(CC)c1Nc1ncc(C#N)cc1Br. The van der Waals surface area contributed by atoms with Crippen molar-refractivity contribution < 1.29 is 0 Å². The van der Waals surface area contributed by atoms with Gasteiger partial charge in [0.1, 0.15) is 11.9 Å². The molecule has 0 atom stereocenters. The molecule has 1 heterocycles. The van der Waals surface area contributed by atoms with Gasteiger partial charge >= 0.3 is 0 Å². The van der Waals surface area contributed by atoms with Crippen LogP contribution in [0.2, 0.25) is 0 Å². The van der Waals surface area contributed by atoms with Crippen molar-refractivity contribution in [2.24, 2.45) is 0 Å². The molecule has 0 radical (unpaired) electrons. The van der Waals surface area contributed by atoms with Gasteiger partial charge in [-0.1, -0.05) is 32.0 Å². The fraction of sp³-hybridized carbons (Fsp3) is 0.250. The molecule has 20 heavy (non-hydrogen) atoms. The summed E-state index contributed by atoms with van der Waals surface area (Å²) in [6.45, 7) is 4.28. The lowest BCUT2D eigenvalue weighted by atomic mass is 10.0. The standard InChI is InChI=1S/C16H16BrN3/c1-3-12-6-5-7-13(4-2)15(12)20-16-14(17)8-11(9-18)10-19-16/h5-8,10H,3-4H2,1-2H3,(H,19,20). The molecule has 2 aromatic rings. The molecule has 1 aromatic heterocycles. The van der Waals surface area contributed by atoms with Gasteiger partial charge in [-0.2, -0.15) is 5.26 Å². The summed E-state index contributed by atoms with van der Waals surface area (Å²) >= 11 is 3.46. The number of aromatic nitrogens is 1. The summed E-state index contributed by atoms with van der Waals surface area (Å²) < 4.78 is 0.796. The third kappa shape index (κ3) is 3.00. The van der Waals surface area contributed by atoms with Crippen LogP contribution >= 0.6 is 15.9 Å². The number of para-hydroxylation sites is 1. The van der Waals surface area contributed by atoms with E-state index in [1.807, 2.05) is 0 Å². The third-order valence-electron chi connectivity index (χ3n) is 3.21. The number of nitriles is 1. The van der Waals surface area contributed by atoms with Gasteiger partial charge in [-0.05, 0) is 46.0 Å². The number of nitrogens with zero attached hydrogens (tertiary/aromatic N) is 2. The van der Waals surface area contributed by atoms with Crippen LogP contribution < -0.4 is 5.32 Å². The van der Waals surface area contributed by atoms with Gasteiger partial charge in [-0.25, -0.2) is 4.98 Å². The molecule has 0 fully saturated rings. The van der Waals surface area contributed by atoms with Crippen molar-refractivity contribution >= 4 is 27.4 Å². The second-order valence-electron chi connectivity index (χ2n) is 4.45. The molecular weight excluding hydrogens is 314 g/mol. The predicted molar refractivity (Wildman–Crippen MR) is 85.1 cm³/mol. The van der Waals surface area contributed by atoms with Gasteiger partial charge in [-0.3, -0.25) is 0 Å². The average Bonchev–Trinajstić information content (AvgIpc) is 2.49. The molecule has 4 heteroatoms. The number of hydrogen-bond acceptors (Lipinski definition) is 3. The fourth-order valence-electron chi connectivity index (χ4n) is 2.11. The van der Waals surface area contributed by atoms with Crippen LogP contribution in [0.4, 0.5) is 11.5 Å². The largest absolute Gasteiger partial charge is 0.339 e. The Bertz CT molecular complexity index is 637. The molecule has 0 bridgehead atoms. The van der Waals surface area contributed by atoms with Gasteiger partial charge in [0, 0.05) is 11.9 Å². The van der Waals surface area contributed by atoms with Gasteiger partial charge in [0.05, 0.1) is 10.0 Å².